The van der Waals surface area contributed by atoms with Crippen molar-refractivity contribution < 1.29 is 0 Å². The van der Waals surface area contributed by atoms with Crippen LogP contribution in [0.15, 0.2) is 24.3 Å². The lowest BCUT2D eigenvalue weighted by molar-refractivity contribution is 0.720. The first-order valence-electron chi connectivity index (χ1n) is 7.72. The quantitative estimate of drug-likeness (QED) is 0.788. The molecule has 0 spiro atoms. The van der Waals surface area contributed by atoms with Gasteiger partial charge in [-0.15, -0.1) is 0 Å². The number of fused-ring (bicyclic) bond motifs is 3. The van der Waals surface area contributed by atoms with E-state index in [0.717, 1.165) is 47.0 Å². The van der Waals surface area contributed by atoms with Gasteiger partial charge in [0.05, 0.1) is 11.0 Å². The number of unbranched alkanes of at least 4 members (excludes halogenated alkanes) is 1. The van der Waals surface area contributed by atoms with Gasteiger partial charge in [-0.1, -0.05) is 45.4 Å². The molecule has 0 amide bonds. The van der Waals surface area contributed by atoms with E-state index in [0.29, 0.717) is 5.82 Å². The smallest absolute Gasteiger partial charge is 0.152 e. The number of benzene rings is 1. The fraction of sp³-hybridized carbons (Fsp3) is 0.412. The number of anilines is 1. The van der Waals surface area contributed by atoms with Crippen LogP contribution in [0.25, 0.3) is 21.9 Å². The van der Waals surface area contributed by atoms with Crippen LogP contribution in [0, 0.1) is 0 Å². The van der Waals surface area contributed by atoms with Gasteiger partial charge in [0.1, 0.15) is 11.3 Å². The molecule has 1 aromatic carbocycles. The first-order chi connectivity index (χ1) is 10.2. The van der Waals surface area contributed by atoms with Crippen LogP contribution in [-0.4, -0.2) is 14.5 Å². The number of nitrogens with two attached hydrogens (primary N) is 1. The maximum Gasteiger partial charge on any atom is 0.152 e. The van der Waals surface area contributed by atoms with Crippen molar-refractivity contribution in [3.05, 3.63) is 30.1 Å². The van der Waals surface area contributed by atoms with Crippen LogP contribution in [0.2, 0.25) is 0 Å². The Bertz CT molecular complexity index is 743. The molecule has 0 atom stereocenters. The molecule has 4 nitrogen and oxygen atoms in total. The molecular weight excluding hydrogens is 260 g/mol. The summed E-state index contributed by atoms with van der Waals surface area (Å²) in [6.45, 7) is 6.19. The van der Waals surface area contributed by atoms with Gasteiger partial charge in [0.15, 0.2) is 5.82 Å². The van der Waals surface area contributed by atoms with E-state index in [1.807, 2.05) is 32.0 Å². The Morgan fingerprint density at radius 2 is 1.86 bits per heavy atom. The molecule has 0 unspecified atom stereocenters. The first kappa shape index (κ1) is 15.3. The fourth-order valence-electron chi connectivity index (χ4n) is 2.54. The van der Waals surface area contributed by atoms with Crippen molar-refractivity contribution in [3.8, 4) is 0 Å². The van der Waals surface area contributed by atoms with E-state index < -0.39 is 0 Å². The zero-order valence-electron chi connectivity index (χ0n) is 13.3. The summed E-state index contributed by atoms with van der Waals surface area (Å²) in [6, 6.07) is 8.08. The molecule has 0 aliphatic carbocycles. The van der Waals surface area contributed by atoms with Gasteiger partial charge in [-0.3, -0.25) is 0 Å². The van der Waals surface area contributed by atoms with Crippen LogP contribution < -0.4 is 5.73 Å². The van der Waals surface area contributed by atoms with Gasteiger partial charge in [-0.2, -0.15) is 0 Å². The maximum atomic E-state index is 6.05. The number of imidazole rings is 1. The number of para-hydroxylation sites is 1. The lowest BCUT2D eigenvalue weighted by Gasteiger charge is -2.04. The highest BCUT2D eigenvalue weighted by Gasteiger charge is 2.14. The van der Waals surface area contributed by atoms with E-state index in [2.05, 4.69) is 34.6 Å². The molecule has 0 saturated heterocycles. The van der Waals surface area contributed by atoms with Crippen LogP contribution in [-0.2, 0) is 13.5 Å². The zero-order chi connectivity index (χ0) is 15.4. The second kappa shape index (κ2) is 6.57. The lowest BCUT2D eigenvalue weighted by atomic mass is 10.2. The summed E-state index contributed by atoms with van der Waals surface area (Å²) in [5.41, 5.74) is 8.89. The highest BCUT2D eigenvalue weighted by atomic mass is 15.1. The molecule has 3 aromatic rings. The summed E-state index contributed by atoms with van der Waals surface area (Å²) in [5.74, 6) is 1.61. The molecule has 3 rings (SSSR count). The van der Waals surface area contributed by atoms with Crippen LogP contribution in [0.1, 0.15) is 39.4 Å². The second-order valence-corrected chi connectivity index (χ2v) is 4.90. The van der Waals surface area contributed by atoms with Crippen LogP contribution in [0.3, 0.4) is 0 Å². The Kier molecular flexibility index (Phi) is 4.78. The largest absolute Gasteiger partial charge is 0.382 e. The van der Waals surface area contributed by atoms with Gasteiger partial charge >= 0.3 is 0 Å². The van der Waals surface area contributed by atoms with Gasteiger partial charge in [0.25, 0.3) is 0 Å². The lowest BCUT2D eigenvalue weighted by Crippen LogP contribution is -1.98. The number of aromatic nitrogens is 3. The minimum absolute atomic E-state index is 0.520. The van der Waals surface area contributed by atoms with Crippen molar-refractivity contribution in [1.82, 2.24) is 14.5 Å². The van der Waals surface area contributed by atoms with Gasteiger partial charge in [0.2, 0.25) is 0 Å². The van der Waals surface area contributed by atoms with E-state index >= 15 is 0 Å². The van der Waals surface area contributed by atoms with Gasteiger partial charge < -0.3 is 10.3 Å². The van der Waals surface area contributed by atoms with Gasteiger partial charge in [0, 0.05) is 18.9 Å². The van der Waals surface area contributed by atoms with Crippen molar-refractivity contribution in [2.75, 3.05) is 5.73 Å². The maximum absolute atomic E-state index is 6.05. The second-order valence-electron chi connectivity index (χ2n) is 4.90. The first-order valence-corrected chi connectivity index (χ1v) is 7.72. The van der Waals surface area contributed by atoms with Crippen LogP contribution >= 0.6 is 0 Å². The van der Waals surface area contributed by atoms with Crippen molar-refractivity contribution >= 4 is 27.8 Å². The Morgan fingerprint density at radius 1 is 1.14 bits per heavy atom. The molecule has 0 saturated carbocycles. The Morgan fingerprint density at radius 3 is 2.57 bits per heavy atom. The van der Waals surface area contributed by atoms with Gasteiger partial charge in [-0.05, 0) is 12.5 Å². The molecule has 0 bridgehead atoms. The molecule has 0 aliphatic rings. The summed E-state index contributed by atoms with van der Waals surface area (Å²) in [6.07, 6.45) is 3.29. The standard InChI is InChI=1S/C15H18N4.C2H6/c1-3-4-9-12-18-13-14(19(12)2)10-7-5-6-8-11(10)17-15(13)16;1-2/h5-8H,3-4,9H2,1-2H3,(H2,16,17);1-2H3. The number of nitrogens with zero attached hydrogens (tertiary/aromatic N) is 3. The van der Waals surface area contributed by atoms with Crippen molar-refractivity contribution in [1.29, 1.82) is 0 Å². The van der Waals surface area contributed by atoms with E-state index in [1.54, 1.807) is 0 Å². The number of nitrogen functional groups attached to an aromatic ring is 1. The number of aryl methyl sites for hydroxylation is 2. The number of pyridine rings is 1. The minimum atomic E-state index is 0.520. The molecule has 4 heteroatoms. The third kappa shape index (κ3) is 2.71. The van der Waals surface area contributed by atoms with E-state index in [4.69, 9.17) is 5.73 Å². The summed E-state index contributed by atoms with van der Waals surface area (Å²) < 4.78 is 2.16. The molecule has 0 aliphatic heterocycles. The highest BCUT2D eigenvalue weighted by molar-refractivity contribution is 6.06. The van der Waals surface area contributed by atoms with E-state index in [-0.39, 0.29) is 0 Å². The molecule has 0 radical (unpaired) electrons. The minimum Gasteiger partial charge on any atom is -0.382 e. The third-order valence-corrected chi connectivity index (χ3v) is 3.58. The third-order valence-electron chi connectivity index (χ3n) is 3.58. The highest BCUT2D eigenvalue weighted by Crippen LogP contribution is 2.28. The Labute approximate surface area is 126 Å². The molecule has 2 heterocycles. The van der Waals surface area contributed by atoms with E-state index in [9.17, 15) is 0 Å². The molecule has 2 aromatic heterocycles. The topological polar surface area (TPSA) is 56.7 Å². The number of hydrogen-bond donors (Lipinski definition) is 1. The number of rotatable bonds is 3. The SMILES string of the molecule is CC.CCCCc1nc2c(N)nc3ccccc3c2n1C. The van der Waals surface area contributed by atoms with E-state index in [1.165, 1.54) is 0 Å². The Balaban J connectivity index is 0.000000774. The number of hydrogen-bond acceptors (Lipinski definition) is 3. The molecule has 2 N–H and O–H groups in total. The predicted octanol–water partition coefficient (Wildman–Crippen LogP) is 4.07. The summed E-state index contributed by atoms with van der Waals surface area (Å²) in [7, 11) is 2.06. The average Bonchev–Trinajstić information content (AvgIpc) is 2.85. The summed E-state index contributed by atoms with van der Waals surface area (Å²) in [5, 5.41) is 1.12. The summed E-state index contributed by atoms with van der Waals surface area (Å²) in [4.78, 5) is 9.12. The van der Waals surface area contributed by atoms with Crippen LogP contribution in [0.5, 0.6) is 0 Å². The zero-order valence-corrected chi connectivity index (χ0v) is 13.3. The normalized spacial score (nSPS) is 10.7. The summed E-state index contributed by atoms with van der Waals surface area (Å²) >= 11 is 0. The average molecular weight is 284 g/mol. The fourth-order valence-corrected chi connectivity index (χ4v) is 2.54. The molecular formula is C17H24N4. The van der Waals surface area contributed by atoms with Crippen LogP contribution in [0.4, 0.5) is 5.82 Å². The van der Waals surface area contributed by atoms with Crippen molar-refractivity contribution in [2.24, 2.45) is 7.05 Å². The predicted molar refractivity (Wildman–Crippen MR) is 90.4 cm³/mol. The van der Waals surface area contributed by atoms with Crippen molar-refractivity contribution in [2.45, 2.75) is 40.0 Å². The monoisotopic (exact) mass is 284 g/mol. The molecule has 21 heavy (non-hydrogen) atoms. The van der Waals surface area contributed by atoms with Crippen molar-refractivity contribution in [3.63, 3.8) is 0 Å². The van der Waals surface area contributed by atoms with Gasteiger partial charge in [-0.25, -0.2) is 9.97 Å². The Hall–Kier alpha value is -2.10. The molecule has 0 fully saturated rings. The molecule has 112 valence electrons.